The summed E-state index contributed by atoms with van der Waals surface area (Å²) in [7, 11) is 0. The third kappa shape index (κ3) is 3.82. The Morgan fingerprint density at radius 3 is 1.83 bits per heavy atom. The molecular formula is C19H20N2O2S. The van der Waals surface area contributed by atoms with Gasteiger partial charge in [-0.3, -0.25) is 4.98 Å². The molecule has 5 heteroatoms. The lowest BCUT2D eigenvalue weighted by Gasteiger charge is -2.23. The molecule has 0 aliphatic carbocycles. The van der Waals surface area contributed by atoms with Crippen molar-refractivity contribution in [2.24, 2.45) is 0 Å². The summed E-state index contributed by atoms with van der Waals surface area (Å²) in [6.45, 7) is 1.18. The highest BCUT2D eigenvalue weighted by Gasteiger charge is 2.08. The normalized spacial score (nSPS) is 10.8. The summed E-state index contributed by atoms with van der Waals surface area (Å²) < 4.78 is 0. The first-order valence-electron chi connectivity index (χ1n) is 7.89. The van der Waals surface area contributed by atoms with Gasteiger partial charge in [-0.05, 0) is 47.5 Å². The molecule has 2 N–H and O–H groups in total. The second-order valence-electron chi connectivity index (χ2n) is 5.38. The van der Waals surface area contributed by atoms with Crippen LogP contribution in [0.1, 0.15) is 0 Å². The van der Waals surface area contributed by atoms with Crippen molar-refractivity contribution in [2.75, 3.05) is 31.2 Å². The zero-order chi connectivity index (χ0) is 16.8. The predicted molar refractivity (Wildman–Crippen MR) is 99.4 cm³/mol. The Kier molecular flexibility index (Phi) is 5.59. The van der Waals surface area contributed by atoms with Crippen molar-refractivity contribution in [1.29, 1.82) is 0 Å². The van der Waals surface area contributed by atoms with E-state index >= 15 is 0 Å². The second-order valence-corrected chi connectivity index (χ2v) is 6.46. The Bertz CT molecular complexity index is 751. The Labute approximate surface area is 145 Å². The van der Waals surface area contributed by atoms with Crippen molar-refractivity contribution in [1.82, 2.24) is 4.98 Å². The van der Waals surface area contributed by atoms with Crippen LogP contribution in [0.5, 0.6) is 0 Å². The van der Waals surface area contributed by atoms with E-state index in [4.69, 9.17) is 10.2 Å². The topological polar surface area (TPSA) is 56.6 Å². The van der Waals surface area contributed by atoms with E-state index < -0.39 is 0 Å². The van der Waals surface area contributed by atoms with Crippen LogP contribution in [0.4, 0.5) is 5.69 Å². The monoisotopic (exact) mass is 340 g/mol. The number of thiophene rings is 1. The van der Waals surface area contributed by atoms with Crippen molar-refractivity contribution in [3.63, 3.8) is 0 Å². The van der Waals surface area contributed by atoms with Gasteiger partial charge in [0.1, 0.15) is 0 Å². The molecule has 1 aromatic carbocycles. The number of nitrogens with zero attached hydrogens (tertiary/aromatic N) is 2. The SMILES string of the molecule is OCCN(CCO)c1ccc(-c2ccc(-c3ccncc3)s2)cc1. The molecule has 3 rings (SSSR count). The van der Waals surface area contributed by atoms with Gasteiger partial charge in [0.05, 0.1) is 13.2 Å². The van der Waals surface area contributed by atoms with Crippen LogP contribution >= 0.6 is 11.3 Å². The molecule has 0 aliphatic rings. The summed E-state index contributed by atoms with van der Waals surface area (Å²) in [5.74, 6) is 0. The van der Waals surface area contributed by atoms with E-state index in [2.05, 4.69) is 29.2 Å². The van der Waals surface area contributed by atoms with Gasteiger partial charge in [-0.2, -0.15) is 0 Å². The van der Waals surface area contributed by atoms with Crippen LogP contribution < -0.4 is 4.90 Å². The van der Waals surface area contributed by atoms with Crippen LogP contribution in [-0.4, -0.2) is 41.5 Å². The fraction of sp³-hybridized carbons (Fsp3) is 0.211. The van der Waals surface area contributed by atoms with Gasteiger partial charge in [-0.1, -0.05) is 12.1 Å². The van der Waals surface area contributed by atoms with Gasteiger partial charge in [0.25, 0.3) is 0 Å². The minimum absolute atomic E-state index is 0.0714. The number of aromatic nitrogens is 1. The first kappa shape index (κ1) is 16.6. The molecule has 0 fully saturated rings. The molecule has 2 heterocycles. The van der Waals surface area contributed by atoms with E-state index in [1.54, 1.807) is 23.7 Å². The number of pyridine rings is 1. The molecule has 0 unspecified atom stereocenters. The molecule has 4 nitrogen and oxygen atoms in total. The highest BCUT2D eigenvalue weighted by Crippen LogP contribution is 2.34. The van der Waals surface area contributed by atoms with Gasteiger partial charge in [-0.15, -0.1) is 11.3 Å². The molecule has 2 aromatic heterocycles. The fourth-order valence-electron chi connectivity index (χ4n) is 2.61. The largest absolute Gasteiger partial charge is 0.395 e. The number of rotatable bonds is 7. The number of aliphatic hydroxyl groups excluding tert-OH is 2. The third-order valence-corrected chi connectivity index (χ3v) is 5.01. The van der Waals surface area contributed by atoms with E-state index in [0.29, 0.717) is 13.1 Å². The molecule has 0 aliphatic heterocycles. The smallest absolute Gasteiger partial charge is 0.0606 e. The first-order valence-corrected chi connectivity index (χ1v) is 8.71. The van der Waals surface area contributed by atoms with Crippen molar-refractivity contribution >= 4 is 17.0 Å². The predicted octanol–water partition coefficient (Wildman–Crippen LogP) is 3.27. The van der Waals surface area contributed by atoms with Gasteiger partial charge in [0.2, 0.25) is 0 Å². The van der Waals surface area contributed by atoms with E-state index in [1.807, 2.05) is 29.2 Å². The Morgan fingerprint density at radius 2 is 1.29 bits per heavy atom. The molecule has 0 amide bonds. The van der Waals surface area contributed by atoms with E-state index in [0.717, 1.165) is 11.3 Å². The minimum Gasteiger partial charge on any atom is -0.395 e. The molecular weight excluding hydrogens is 320 g/mol. The van der Waals surface area contributed by atoms with Gasteiger partial charge >= 0.3 is 0 Å². The van der Waals surface area contributed by atoms with Crippen LogP contribution in [0.3, 0.4) is 0 Å². The minimum atomic E-state index is 0.0714. The van der Waals surface area contributed by atoms with Gasteiger partial charge < -0.3 is 15.1 Å². The maximum absolute atomic E-state index is 9.14. The van der Waals surface area contributed by atoms with Crippen LogP contribution in [-0.2, 0) is 0 Å². The van der Waals surface area contributed by atoms with Crippen LogP contribution in [0, 0.1) is 0 Å². The first-order chi connectivity index (χ1) is 11.8. The summed E-state index contributed by atoms with van der Waals surface area (Å²) in [5.41, 5.74) is 3.35. The molecule has 0 saturated heterocycles. The number of aliphatic hydroxyl groups is 2. The summed E-state index contributed by atoms with van der Waals surface area (Å²) >= 11 is 1.75. The van der Waals surface area contributed by atoms with Crippen molar-refractivity contribution < 1.29 is 10.2 Å². The molecule has 0 radical (unpaired) electrons. The second kappa shape index (κ2) is 8.06. The highest BCUT2D eigenvalue weighted by atomic mass is 32.1. The molecule has 0 saturated carbocycles. The lowest BCUT2D eigenvalue weighted by Crippen LogP contribution is -2.29. The average Bonchev–Trinajstić information content (AvgIpc) is 3.13. The fourth-order valence-corrected chi connectivity index (χ4v) is 3.63. The van der Waals surface area contributed by atoms with E-state index in [-0.39, 0.29) is 13.2 Å². The van der Waals surface area contributed by atoms with Gasteiger partial charge in [0.15, 0.2) is 0 Å². The maximum atomic E-state index is 9.14. The van der Waals surface area contributed by atoms with E-state index in [1.165, 1.54) is 15.3 Å². The van der Waals surface area contributed by atoms with Crippen LogP contribution in [0.25, 0.3) is 20.9 Å². The molecule has 3 aromatic rings. The molecule has 24 heavy (non-hydrogen) atoms. The van der Waals surface area contributed by atoms with Gasteiger partial charge in [0, 0.05) is 40.9 Å². The lowest BCUT2D eigenvalue weighted by molar-refractivity contribution is 0.281. The number of hydrogen-bond donors (Lipinski definition) is 2. The number of hydrogen-bond acceptors (Lipinski definition) is 5. The summed E-state index contributed by atoms with van der Waals surface area (Å²) in [6.07, 6.45) is 3.61. The summed E-state index contributed by atoms with van der Waals surface area (Å²) in [5, 5.41) is 18.3. The van der Waals surface area contributed by atoms with Crippen molar-refractivity contribution in [3.8, 4) is 20.9 Å². The Hall–Kier alpha value is -2.21. The lowest BCUT2D eigenvalue weighted by atomic mass is 10.1. The van der Waals surface area contributed by atoms with Crippen LogP contribution in [0.2, 0.25) is 0 Å². The standard InChI is InChI=1S/C19H20N2O2S/c22-13-11-21(12-14-23)17-3-1-15(2-4-17)18-5-6-19(24-18)16-7-9-20-10-8-16/h1-10,22-23H,11-14H2. The molecule has 0 spiro atoms. The highest BCUT2D eigenvalue weighted by molar-refractivity contribution is 7.18. The zero-order valence-corrected chi connectivity index (χ0v) is 14.1. The Balaban J connectivity index is 1.80. The van der Waals surface area contributed by atoms with Gasteiger partial charge in [-0.25, -0.2) is 0 Å². The Morgan fingerprint density at radius 1 is 0.750 bits per heavy atom. The van der Waals surface area contributed by atoms with Crippen LogP contribution in [0.15, 0.2) is 60.9 Å². The maximum Gasteiger partial charge on any atom is 0.0606 e. The van der Waals surface area contributed by atoms with E-state index in [9.17, 15) is 0 Å². The summed E-state index contributed by atoms with van der Waals surface area (Å²) in [6, 6.07) is 16.5. The zero-order valence-electron chi connectivity index (χ0n) is 13.3. The average molecular weight is 340 g/mol. The number of benzene rings is 1. The third-order valence-electron chi connectivity index (χ3n) is 3.83. The molecule has 0 bridgehead atoms. The van der Waals surface area contributed by atoms with Crippen molar-refractivity contribution in [3.05, 3.63) is 60.9 Å². The quantitative estimate of drug-likeness (QED) is 0.693. The molecule has 124 valence electrons. The molecule has 0 atom stereocenters. The van der Waals surface area contributed by atoms with Crippen molar-refractivity contribution in [2.45, 2.75) is 0 Å². The summed E-state index contributed by atoms with van der Waals surface area (Å²) in [4.78, 5) is 8.46. The number of anilines is 1.